The van der Waals surface area contributed by atoms with Gasteiger partial charge >= 0.3 is 0 Å². The predicted molar refractivity (Wildman–Crippen MR) is 93.8 cm³/mol. The average Bonchev–Trinajstić information content (AvgIpc) is 2.47. The first kappa shape index (κ1) is 17.2. The molecule has 112 valence electrons. The van der Waals surface area contributed by atoms with E-state index in [9.17, 15) is 0 Å². The molecule has 0 aromatic heterocycles. The van der Waals surface area contributed by atoms with E-state index in [4.69, 9.17) is 4.74 Å². The molecule has 1 N–H and O–H groups in total. The third kappa shape index (κ3) is 4.63. The number of fused-ring (bicyclic) bond motifs is 1. The SMILES string of the molecule is CCOCCNC(=NC)N1CCc2ccccc2C1.I. The number of nitrogens with one attached hydrogen (secondary N) is 1. The first-order valence-corrected chi connectivity index (χ1v) is 6.95. The molecule has 0 bridgehead atoms. The van der Waals surface area contributed by atoms with Crippen molar-refractivity contribution < 1.29 is 4.74 Å². The molecule has 0 radical (unpaired) electrons. The summed E-state index contributed by atoms with van der Waals surface area (Å²) in [6.45, 7) is 6.25. The minimum absolute atomic E-state index is 0. The van der Waals surface area contributed by atoms with Crippen LogP contribution >= 0.6 is 24.0 Å². The summed E-state index contributed by atoms with van der Waals surface area (Å²) < 4.78 is 5.34. The Morgan fingerprint density at radius 1 is 1.35 bits per heavy atom. The quantitative estimate of drug-likeness (QED) is 0.372. The Balaban J connectivity index is 0.00000200. The third-order valence-corrected chi connectivity index (χ3v) is 3.38. The summed E-state index contributed by atoms with van der Waals surface area (Å²) in [5, 5.41) is 3.36. The van der Waals surface area contributed by atoms with Gasteiger partial charge in [0.1, 0.15) is 0 Å². The Kier molecular flexibility index (Phi) is 7.91. The number of benzene rings is 1. The highest BCUT2D eigenvalue weighted by atomic mass is 127. The number of aliphatic imine (C=N–C) groups is 1. The van der Waals surface area contributed by atoms with Crippen LogP contribution in [0.5, 0.6) is 0 Å². The second-order valence-corrected chi connectivity index (χ2v) is 4.61. The number of hydrogen-bond donors (Lipinski definition) is 1. The molecule has 1 aliphatic rings. The fraction of sp³-hybridized carbons (Fsp3) is 0.533. The van der Waals surface area contributed by atoms with Crippen molar-refractivity contribution in [3.05, 3.63) is 35.4 Å². The Morgan fingerprint density at radius 3 is 2.80 bits per heavy atom. The van der Waals surface area contributed by atoms with Gasteiger partial charge in [0.05, 0.1) is 6.61 Å². The van der Waals surface area contributed by atoms with E-state index in [1.807, 2.05) is 14.0 Å². The van der Waals surface area contributed by atoms with Crippen molar-refractivity contribution in [2.75, 3.05) is 33.4 Å². The summed E-state index contributed by atoms with van der Waals surface area (Å²) >= 11 is 0. The first-order valence-electron chi connectivity index (χ1n) is 6.95. The summed E-state index contributed by atoms with van der Waals surface area (Å²) in [7, 11) is 1.84. The normalized spacial score (nSPS) is 14.5. The van der Waals surface area contributed by atoms with Gasteiger partial charge in [0.25, 0.3) is 0 Å². The molecule has 20 heavy (non-hydrogen) atoms. The highest BCUT2D eigenvalue weighted by Gasteiger charge is 2.18. The highest BCUT2D eigenvalue weighted by Crippen LogP contribution is 2.18. The minimum atomic E-state index is 0. The zero-order valence-electron chi connectivity index (χ0n) is 12.3. The van der Waals surface area contributed by atoms with E-state index in [2.05, 4.69) is 39.5 Å². The molecule has 4 nitrogen and oxygen atoms in total. The summed E-state index contributed by atoms with van der Waals surface area (Å²) in [6.07, 6.45) is 1.09. The lowest BCUT2D eigenvalue weighted by Crippen LogP contribution is -2.44. The van der Waals surface area contributed by atoms with E-state index in [0.717, 1.165) is 45.2 Å². The second kappa shape index (κ2) is 9.18. The standard InChI is InChI=1S/C15H23N3O.HI/c1-3-19-11-9-17-15(16-2)18-10-8-13-6-4-5-7-14(13)12-18;/h4-7H,3,8-12H2,1-2H3,(H,16,17);1H. The van der Waals surface area contributed by atoms with E-state index in [1.54, 1.807) is 0 Å². The maximum absolute atomic E-state index is 5.34. The van der Waals surface area contributed by atoms with Crippen LogP contribution in [-0.4, -0.2) is 44.2 Å². The van der Waals surface area contributed by atoms with E-state index >= 15 is 0 Å². The summed E-state index contributed by atoms with van der Waals surface area (Å²) in [6, 6.07) is 8.64. The lowest BCUT2D eigenvalue weighted by atomic mass is 10.0. The maximum Gasteiger partial charge on any atom is 0.194 e. The van der Waals surface area contributed by atoms with Gasteiger partial charge in [-0.05, 0) is 24.5 Å². The van der Waals surface area contributed by atoms with Gasteiger partial charge < -0.3 is 15.0 Å². The molecule has 2 rings (SSSR count). The van der Waals surface area contributed by atoms with Crippen LogP contribution in [0.4, 0.5) is 0 Å². The number of ether oxygens (including phenoxy) is 1. The topological polar surface area (TPSA) is 36.9 Å². The molecule has 1 aromatic rings. The molecule has 0 amide bonds. The molecule has 1 aromatic carbocycles. The van der Waals surface area contributed by atoms with Crippen molar-refractivity contribution in [3.8, 4) is 0 Å². The Bertz CT molecular complexity index is 437. The Hall–Kier alpha value is -0.820. The maximum atomic E-state index is 5.34. The molecule has 5 heteroatoms. The Labute approximate surface area is 138 Å². The second-order valence-electron chi connectivity index (χ2n) is 4.61. The number of hydrogen-bond acceptors (Lipinski definition) is 2. The van der Waals surface area contributed by atoms with Gasteiger partial charge in [-0.2, -0.15) is 0 Å². The van der Waals surface area contributed by atoms with E-state index in [-0.39, 0.29) is 24.0 Å². The molecule has 0 unspecified atom stereocenters. The lowest BCUT2D eigenvalue weighted by Gasteiger charge is -2.31. The minimum Gasteiger partial charge on any atom is -0.380 e. The molecular formula is C15H24IN3O. The van der Waals surface area contributed by atoms with Gasteiger partial charge in [-0.3, -0.25) is 4.99 Å². The number of halogens is 1. The fourth-order valence-electron chi connectivity index (χ4n) is 2.39. The van der Waals surface area contributed by atoms with Crippen LogP contribution in [-0.2, 0) is 17.7 Å². The van der Waals surface area contributed by atoms with Crippen LogP contribution in [0.25, 0.3) is 0 Å². The number of nitrogens with zero attached hydrogens (tertiary/aromatic N) is 2. The molecule has 0 fully saturated rings. The van der Waals surface area contributed by atoms with Gasteiger partial charge in [0.2, 0.25) is 0 Å². The van der Waals surface area contributed by atoms with Crippen LogP contribution in [0.15, 0.2) is 29.3 Å². The van der Waals surface area contributed by atoms with Gasteiger partial charge in [0, 0.05) is 33.3 Å². The van der Waals surface area contributed by atoms with Gasteiger partial charge in [0.15, 0.2) is 5.96 Å². The zero-order valence-corrected chi connectivity index (χ0v) is 14.6. The lowest BCUT2D eigenvalue weighted by molar-refractivity contribution is 0.151. The molecule has 0 saturated carbocycles. The largest absolute Gasteiger partial charge is 0.380 e. The van der Waals surface area contributed by atoms with Crippen LogP contribution < -0.4 is 5.32 Å². The van der Waals surface area contributed by atoms with E-state index in [1.165, 1.54) is 11.1 Å². The average molecular weight is 389 g/mol. The summed E-state index contributed by atoms with van der Waals surface area (Å²) in [4.78, 5) is 6.66. The smallest absolute Gasteiger partial charge is 0.194 e. The van der Waals surface area contributed by atoms with Crippen molar-refractivity contribution in [2.45, 2.75) is 19.9 Å². The molecule has 0 aliphatic carbocycles. The van der Waals surface area contributed by atoms with Crippen molar-refractivity contribution >= 4 is 29.9 Å². The Morgan fingerprint density at radius 2 is 2.10 bits per heavy atom. The molecular weight excluding hydrogens is 365 g/mol. The van der Waals surface area contributed by atoms with E-state index in [0.29, 0.717) is 0 Å². The first-order chi connectivity index (χ1) is 9.35. The monoisotopic (exact) mass is 389 g/mol. The predicted octanol–water partition coefficient (Wildman–Crippen LogP) is 2.27. The number of guanidine groups is 1. The molecule has 0 atom stereocenters. The van der Waals surface area contributed by atoms with E-state index < -0.39 is 0 Å². The molecule has 1 heterocycles. The van der Waals surface area contributed by atoms with Crippen molar-refractivity contribution in [1.29, 1.82) is 0 Å². The van der Waals surface area contributed by atoms with Crippen LogP contribution in [0.1, 0.15) is 18.1 Å². The molecule has 1 aliphatic heterocycles. The van der Waals surface area contributed by atoms with Crippen molar-refractivity contribution in [2.24, 2.45) is 4.99 Å². The van der Waals surface area contributed by atoms with Gasteiger partial charge in [-0.15, -0.1) is 24.0 Å². The van der Waals surface area contributed by atoms with Crippen LogP contribution in [0.2, 0.25) is 0 Å². The third-order valence-electron chi connectivity index (χ3n) is 3.38. The van der Waals surface area contributed by atoms with Gasteiger partial charge in [-0.25, -0.2) is 0 Å². The van der Waals surface area contributed by atoms with Crippen molar-refractivity contribution in [3.63, 3.8) is 0 Å². The summed E-state index contributed by atoms with van der Waals surface area (Å²) in [5.74, 6) is 0.967. The fourth-order valence-corrected chi connectivity index (χ4v) is 2.39. The van der Waals surface area contributed by atoms with Crippen molar-refractivity contribution in [1.82, 2.24) is 10.2 Å². The number of rotatable bonds is 4. The summed E-state index contributed by atoms with van der Waals surface area (Å²) in [5.41, 5.74) is 2.87. The highest BCUT2D eigenvalue weighted by molar-refractivity contribution is 14.0. The molecule has 0 spiro atoms. The van der Waals surface area contributed by atoms with Gasteiger partial charge in [-0.1, -0.05) is 24.3 Å². The van der Waals surface area contributed by atoms with Crippen LogP contribution in [0.3, 0.4) is 0 Å². The van der Waals surface area contributed by atoms with Crippen LogP contribution in [0, 0.1) is 0 Å². The zero-order chi connectivity index (χ0) is 13.5. The molecule has 0 saturated heterocycles.